The minimum absolute atomic E-state index is 0.236. The molecule has 0 bridgehead atoms. The number of fused-ring (bicyclic) bond motifs is 1. The number of hydrogen-bond donors (Lipinski definition) is 1. The van der Waals surface area contributed by atoms with Crippen LogP contribution < -0.4 is 0 Å². The summed E-state index contributed by atoms with van der Waals surface area (Å²) < 4.78 is 5.03. The Morgan fingerprint density at radius 3 is 2.23 bits per heavy atom. The number of hydrogen-bond acceptors (Lipinski definition) is 5. The van der Waals surface area contributed by atoms with Gasteiger partial charge in [0.25, 0.3) is 0 Å². The number of carbonyl (C=O) groups excluding carboxylic acids is 4. The summed E-state index contributed by atoms with van der Waals surface area (Å²) in [6.07, 6.45) is 3.32. The second kappa shape index (κ2) is 7.05. The Morgan fingerprint density at radius 1 is 1.12 bits per heavy atom. The predicted octanol–water partition coefficient (Wildman–Crippen LogP) is 2.17. The zero-order chi connectivity index (χ0) is 19.0. The molecule has 3 rings (SSSR count). The van der Waals surface area contributed by atoms with Crippen molar-refractivity contribution in [2.45, 2.75) is 46.5 Å². The standard InChI is InChI=1S/C19H24N2O5/c1-4-26-19(25)15-10(2)16(20-11(15)3)14(22)9-21-17(23)12-7-5-6-8-13(12)18(21)24/h12-13,20H,4-9H2,1-3H3/t12-,13-/m0/s1. The number of Topliss-reactive ketones (excluding diaryl/α,β-unsaturated/α-hetero) is 1. The van der Waals surface area contributed by atoms with Crippen LogP contribution in [0.4, 0.5) is 0 Å². The SMILES string of the molecule is CCOC(=O)c1c(C)[nH]c(C(=O)CN2C(=O)[C@H]3CCCC[C@@H]3C2=O)c1C. The molecule has 0 aromatic carbocycles. The van der Waals surface area contributed by atoms with Crippen molar-refractivity contribution >= 4 is 23.6 Å². The van der Waals surface area contributed by atoms with Crippen molar-refractivity contribution in [3.63, 3.8) is 0 Å². The second-order valence-corrected chi connectivity index (χ2v) is 7.03. The monoisotopic (exact) mass is 360 g/mol. The smallest absolute Gasteiger partial charge is 0.340 e. The molecule has 0 spiro atoms. The fourth-order valence-corrected chi connectivity index (χ4v) is 4.15. The Labute approximate surface area is 152 Å². The maximum Gasteiger partial charge on any atom is 0.340 e. The van der Waals surface area contributed by atoms with E-state index in [4.69, 9.17) is 4.74 Å². The highest BCUT2D eigenvalue weighted by molar-refractivity contribution is 6.10. The van der Waals surface area contributed by atoms with Gasteiger partial charge in [0.15, 0.2) is 5.78 Å². The van der Waals surface area contributed by atoms with Gasteiger partial charge >= 0.3 is 5.97 Å². The van der Waals surface area contributed by atoms with Gasteiger partial charge in [-0.3, -0.25) is 19.3 Å². The quantitative estimate of drug-likeness (QED) is 0.493. The topological polar surface area (TPSA) is 96.5 Å². The van der Waals surface area contributed by atoms with Gasteiger partial charge < -0.3 is 9.72 Å². The zero-order valence-electron chi connectivity index (χ0n) is 15.4. The van der Waals surface area contributed by atoms with E-state index in [9.17, 15) is 19.2 Å². The third-order valence-electron chi connectivity index (χ3n) is 5.43. The maximum atomic E-state index is 12.7. The van der Waals surface area contributed by atoms with E-state index in [0.29, 0.717) is 29.7 Å². The van der Waals surface area contributed by atoms with Crippen LogP contribution in [0.15, 0.2) is 0 Å². The number of ketones is 1. The highest BCUT2D eigenvalue weighted by Gasteiger charge is 2.48. The van der Waals surface area contributed by atoms with E-state index >= 15 is 0 Å². The lowest BCUT2D eigenvalue weighted by molar-refractivity contribution is -0.139. The first-order valence-corrected chi connectivity index (χ1v) is 9.11. The Balaban J connectivity index is 1.80. The Kier molecular flexibility index (Phi) is 4.98. The summed E-state index contributed by atoms with van der Waals surface area (Å²) in [5.41, 5.74) is 1.61. The molecule has 2 heterocycles. The number of ether oxygens (including phenoxy) is 1. The molecule has 1 saturated carbocycles. The number of nitrogens with one attached hydrogen (secondary N) is 1. The van der Waals surface area contributed by atoms with E-state index < -0.39 is 5.97 Å². The molecule has 7 nitrogen and oxygen atoms in total. The Morgan fingerprint density at radius 2 is 1.69 bits per heavy atom. The van der Waals surface area contributed by atoms with Gasteiger partial charge in [-0.25, -0.2) is 4.79 Å². The number of aryl methyl sites for hydroxylation is 1. The van der Waals surface area contributed by atoms with Crippen molar-refractivity contribution in [3.8, 4) is 0 Å². The Bertz CT molecular complexity index is 755. The number of carbonyl (C=O) groups is 4. The summed E-state index contributed by atoms with van der Waals surface area (Å²) >= 11 is 0. The molecule has 1 N–H and O–H groups in total. The van der Waals surface area contributed by atoms with Gasteiger partial charge in [-0.15, -0.1) is 0 Å². The van der Waals surface area contributed by atoms with Crippen LogP contribution in [-0.2, 0) is 14.3 Å². The number of imide groups is 1. The lowest BCUT2D eigenvalue weighted by Gasteiger charge is -2.19. The van der Waals surface area contributed by atoms with E-state index in [0.717, 1.165) is 17.7 Å². The molecule has 1 aromatic rings. The predicted molar refractivity (Wildman–Crippen MR) is 92.7 cm³/mol. The molecule has 1 saturated heterocycles. The number of esters is 1. The van der Waals surface area contributed by atoms with E-state index in [1.807, 2.05) is 0 Å². The van der Waals surface area contributed by atoms with Gasteiger partial charge in [-0.05, 0) is 39.2 Å². The van der Waals surface area contributed by atoms with Crippen LogP contribution in [-0.4, -0.2) is 46.6 Å². The number of aromatic nitrogens is 1. The minimum atomic E-state index is -0.489. The van der Waals surface area contributed by atoms with Gasteiger partial charge in [0.05, 0.1) is 36.2 Å². The van der Waals surface area contributed by atoms with Crippen LogP contribution in [0, 0.1) is 25.7 Å². The maximum absolute atomic E-state index is 12.7. The van der Waals surface area contributed by atoms with Crippen molar-refractivity contribution in [1.29, 1.82) is 0 Å². The molecule has 2 fully saturated rings. The number of aromatic amines is 1. The van der Waals surface area contributed by atoms with Gasteiger partial charge in [0.1, 0.15) is 0 Å². The largest absolute Gasteiger partial charge is 0.462 e. The first-order chi connectivity index (χ1) is 12.4. The highest BCUT2D eigenvalue weighted by Crippen LogP contribution is 2.38. The molecular formula is C19H24N2O5. The highest BCUT2D eigenvalue weighted by atomic mass is 16.5. The molecule has 0 unspecified atom stereocenters. The molecular weight excluding hydrogens is 336 g/mol. The number of nitrogens with zero attached hydrogens (tertiary/aromatic N) is 1. The summed E-state index contributed by atoms with van der Waals surface area (Å²) in [4.78, 5) is 53.9. The molecule has 2 amide bonds. The fraction of sp³-hybridized carbons (Fsp3) is 0.579. The summed E-state index contributed by atoms with van der Waals surface area (Å²) in [6, 6.07) is 0. The molecule has 0 radical (unpaired) electrons. The lowest BCUT2D eigenvalue weighted by Crippen LogP contribution is -2.36. The fourth-order valence-electron chi connectivity index (χ4n) is 4.15. The number of amides is 2. The van der Waals surface area contributed by atoms with Gasteiger partial charge in [0.2, 0.25) is 11.8 Å². The third-order valence-corrected chi connectivity index (χ3v) is 5.43. The zero-order valence-corrected chi connectivity index (χ0v) is 15.4. The summed E-state index contributed by atoms with van der Waals surface area (Å²) in [7, 11) is 0. The molecule has 1 aliphatic heterocycles. The molecule has 140 valence electrons. The molecule has 7 heteroatoms. The molecule has 1 aromatic heterocycles. The van der Waals surface area contributed by atoms with E-state index in [-0.39, 0.29) is 48.3 Å². The van der Waals surface area contributed by atoms with Crippen LogP contribution in [0.2, 0.25) is 0 Å². The van der Waals surface area contributed by atoms with Crippen LogP contribution in [0.1, 0.15) is 64.7 Å². The summed E-state index contributed by atoms with van der Waals surface area (Å²) in [5.74, 6) is -1.88. The lowest BCUT2D eigenvalue weighted by atomic mass is 9.81. The van der Waals surface area contributed by atoms with Crippen molar-refractivity contribution in [1.82, 2.24) is 9.88 Å². The van der Waals surface area contributed by atoms with Gasteiger partial charge in [0, 0.05) is 5.69 Å². The van der Waals surface area contributed by atoms with E-state index in [2.05, 4.69) is 4.98 Å². The first-order valence-electron chi connectivity index (χ1n) is 9.11. The summed E-state index contributed by atoms with van der Waals surface area (Å²) in [5, 5.41) is 0. The normalized spacial score (nSPS) is 22.5. The van der Waals surface area contributed by atoms with E-state index in [1.54, 1.807) is 20.8 Å². The van der Waals surface area contributed by atoms with Crippen LogP contribution in [0.25, 0.3) is 0 Å². The second-order valence-electron chi connectivity index (χ2n) is 7.03. The molecule has 2 atom stereocenters. The van der Waals surface area contributed by atoms with Crippen LogP contribution in [0.3, 0.4) is 0 Å². The molecule has 1 aliphatic carbocycles. The molecule has 2 aliphatic rings. The van der Waals surface area contributed by atoms with Gasteiger partial charge in [-0.2, -0.15) is 0 Å². The number of H-pyrrole nitrogens is 1. The van der Waals surface area contributed by atoms with Crippen LogP contribution in [0.5, 0.6) is 0 Å². The van der Waals surface area contributed by atoms with Gasteiger partial charge in [-0.1, -0.05) is 12.8 Å². The van der Waals surface area contributed by atoms with Crippen molar-refractivity contribution in [3.05, 3.63) is 22.5 Å². The molecule has 26 heavy (non-hydrogen) atoms. The first kappa shape index (κ1) is 18.4. The number of rotatable bonds is 5. The average molecular weight is 360 g/mol. The number of likely N-dealkylation sites (tertiary alicyclic amines) is 1. The van der Waals surface area contributed by atoms with Crippen molar-refractivity contribution in [2.75, 3.05) is 13.2 Å². The summed E-state index contributed by atoms with van der Waals surface area (Å²) in [6.45, 7) is 5.03. The Hall–Kier alpha value is -2.44. The van der Waals surface area contributed by atoms with Crippen LogP contribution >= 0.6 is 0 Å². The van der Waals surface area contributed by atoms with Crippen molar-refractivity contribution < 1.29 is 23.9 Å². The van der Waals surface area contributed by atoms with E-state index in [1.165, 1.54) is 0 Å². The van der Waals surface area contributed by atoms with Crippen molar-refractivity contribution in [2.24, 2.45) is 11.8 Å². The third kappa shape index (κ3) is 2.95. The minimum Gasteiger partial charge on any atom is -0.462 e. The average Bonchev–Trinajstić information content (AvgIpc) is 3.04.